The summed E-state index contributed by atoms with van der Waals surface area (Å²) in [4.78, 5) is 31.3. The van der Waals surface area contributed by atoms with Crippen molar-refractivity contribution in [1.29, 1.82) is 0 Å². The lowest BCUT2D eigenvalue weighted by molar-refractivity contribution is 0.0609. The zero-order valence-corrected chi connectivity index (χ0v) is 18.3. The van der Waals surface area contributed by atoms with Crippen LogP contribution in [0.2, 0.25) is 0 Å². The smallest absolute Gasteiger partial charge is 0.357 e. The maximum atomic E-state index is 11.6. The highest BCUT2D eigenvalue weighted by atomic mass is 31.2. The summed E-state index contributed by atoms with van der Waals surface area (Å²) in [5, 5.41) is 10.5. The molecule has 0 aliphatic heterocycles. The van der Waals surface area contributed by atoms with Crippen LogP contribution in [0.5, 0.6) is 17.8 Å². The van der Waals surface area contributed by atoms with Crippen molar-refractivity contribution in [3.05, 3.63) is 24.3 Å². The Morgan fingerprint density at radius 3 is 2.59 bits per heavy atom. The van der Waals surface area contributed by atoms with Crippen LogP contribution >= 0.6 is 7.60 Å². The van der Waals surface area contributed by atoms with Crippen LogP contribution in [0.1, 0.15) is 6.92 Å². The molecule has 0 saturated carbocycles. The van der Waals surface area contributed by atoms with Crippen LogP contribution in [-0.4, -0.2) is 73.8 Å². The van der Waals surface area contributed by atoms with Crippen LogP contribution in [-0.2, 0) is 14.0 Å². The van der Waals surface area contributed by atoms with E-state index in [1.807, 2.05) is 0 Å². The summed E-state index contributed by atoms with van der Waals surface area (Å²) >= 11 is 0. The molecule has 1 unspecified atom stereocenters. The minimum atomic E-state index is -4.56. The van der Waals surface area contributed by atoms with E-state index < -0.39 is 26.1 Å². The molecule has 0 aliphatic rings. The van der Waals surface area contributed by atoms with Gasteiger partial charge in [0.15, 0.2) is 22.8 Å². The zero-order chi connectivity index (χ0) is 23.3. The van der Waals surface area contributed by atoms with Gasteiger partial charge in [-0.1, -0.05) is 12.1 Å². The Hall–Kier alpha value is -2.96. The highest BCUT2D eigenvalue weighted by molar-refractivity contribution is 7.52. The van der Waals surface area contributed by atoms with E-state index in [2.05, 4.69) is 15.0 Å². The Balaban J connectivity index is 2.00. The van der Waals surface area contributed by atoms with Gasteiger partial charge in [0.1, 0.15) is 19.0 Å². The number of nitrogens with zero attached hydrogens (tertiary/aromatic N) is 4. The zero-order valence-electron chi connectivity index (χ0n) is 17.4. The third-order valence-corrected chi connectivity index (χ3v) is 5.28. The molecule has 0 aliphatic carbocycles. The molecule has 14 heteroatoms. The normalized spacial score (nSPS) is 12.8. The standard InChI is InChI=1S/C18H24N5O8P/c1-3-29-13(32(25,26)27)10-31-12-7-5-4-6-11(12)23-16-14(20-18(23)24)15(19)21-17(22-16)30-9-8-28-2/h4-7,13H,3,8-10H2,1-2H3,(H,20,24)(H2,19,21,22)(H2,25,26,27). The summed E-state index contributed by atoms with van der Waals surface area (Å²) in [5.41, 5.74) is 6.54. The van der Waals surface area contributed by atoms with Crippen LogP contribution in [0.15, 0.2) is 24.3 Å². The lowest BCUT2D eigenvalue weighted by Crippen LogP contribution is -2.22. The van der Waals surface area contributed by atoms with Gasteiger partial charge in [-0.15, -0.1) is 0 Å². The van der Waals surface area contributed by atoms with Crippen molar-refractivity contribution in [2.75, 3.05) is 39.3 Å². The fourth-order valence-electron chi connectivity index (χ4n) is 2.81. The molecular weight excluding hydrogens is 445 g/mol. The molecule has 1 aromatic carbocycles. The maximum Gasteiger partial charge on any atom is 0.357 e. The summed E-state index contributed by atoms with van der Waals surface area (Å²) in [6.07, 6.45) is 0. The first-order valence-electron chi connectivity index (χ1n) is 9.52. The lowest BCUT2D eigenvalue weighted by atomic mass is 10.3. The van der Waals surface area contributed by atoms with E-state index >= 15 is 0 Å². The number of nitrogen functional groups attached to an aromatic ring is 1. The third kappa shape index (κ3) is 5.26. The Morgan fingerprint density at radius 2 is 1.91 bits per heavy atom. The Bertz CT molecular complexity index is 1120. The van der Waals surface area contributed by atoms with Crippen LogP contribution in [0.3, 0.4) is 0 Å². The minimum absolute atomic E-state index is 0.00669. The average Bonchev–Trinajstić information content (AvgIpc) is 3.07. The first kappa shape index (κ1) is 23.7. The van der Waals surface area contributed by atoms with E-state index in [1.54, 1.807) is 31.2 Å². The summed E-state index contributed by atoms with van der Waals surface area (Å²) in [6, 6.07) is 6.02. The molecular formula is C18H24N5O8P. The summed E-state index contributed by atoms with van der Waals surface area (Å²) in [6.45, 7) is 1.77. The van der Waals surface area contributed by atoms with Gasteiger partial charge in [-0.2, -0.15) is 15.0 Å². The average molecular weight is 469 g/mol. The Morgan fingerprint density at radius 1 is 1.16 bits per heavy atom. The van der Waals surface area contributed by atoms with Gasteiger partial charge in [-0.3, -0.25) is 4.57 Å². The van der Waals surface area contributed by atoms with Gasteiger partial charge >= 0.3 is 19.6 Å². The number of hydrogen-bond donors (Lipinski definition) is 4. The molecule has 0 fully saturated rings. The molecule has 0 spiro atoms. The van der Waals surface area contributed by atoms with Gasteiger partial charge in [-0.05, 0) is 19.1 Å². The van der Waals surface area contributed by atoms with Gasteiger partial charge in [0.05, 0.1) is 12.3 Å². The second-order valence-corrected chi connectivity index (χ2v) is 8.18. The summed E-state index contributed by atoms with van der Waals surface area (Å²) in [7, 11) is -3.04. The highest BCUT2D eigenvalue weighted by Crippen LogP contribution is 2.42. The second kappa shape index (κ2) is 10.1. The van der Waals surface area contributed by atoms with Gasteiger partial charge in [0, 0.05) is 13.7 Å². The number of benzene rings is 1. The molecule has 0 saturated heterocycles. The topological polar surface area (TPSA) is 184 Å². The van der Waals surface area contributed by atoms with Gasteiger partial charge in [0.25, 0.3) is 0 Å². The molecule has 3 rings (SSSR count). The van der Waals surface area contributed by atoms with Crippen LogP contribution in [0, 0.1) is 0 Å². The van der Waals surface area contributed by atoms with Crippen molar-refractivity contribution >= 4 is 24.6 Å². The molecule has 13 nitrogen and oxygen atoms in total. The molecule has 1 atom stereocenters. The van der Waals surface area contributed by atoms with E-state index in [0.717, 1.165) is 0 Å². The number of hydrogen-bond acceptors (Lipinski definition) is 10. The fraction of sp³-hybridized carbons (Fsp3) is 0.389. The summed E-state index contributed by atoms with van der Waals surface area (Å²) < 4.78 is 34.0. The molecule has 5 N–H and O–H groups in total. The van der Waals surface area contributed by atoms with E-state index in [-0.39, 0.29) is 42.0 Å². The molecule has 174 valence electrons. The molecule has 2 heterocycles. The SMILES string of the molecule is CCOC(COc1ccccc1-n1c(O)nc2c(N)nc(OCCOC)nc21)P(=O)(O)O. The number of ether oxygens (including phenoxy) is 4. The predicted molar refractivity (Wildman–Crippen MR) is 113 cm³/mol. The number of anilines is 1. The van der Waals surface area contributed by atoms with Crippen LogP contribution in [0.25, 0.3) is 16.9 Å². The largest absolute Gasteiger partial charge is 0.488 e. The maximum absolute atomic E-state index is 11.6. The van der Waals surface area contributed by atoms with Crippen molar-refractivity contribution in [3.63, 3.8) is 0 Å². The van der Waals surface area contributed by atoms with E-state index in [1.165, 1.54) is 11.7 Å². The van der Waals surface area contributed by atoms with Gasteiger partial charge < -0.3 is 39.6 Å². The number of para-hydroxylation sites is 2. The lowest BCUT2D eigenvalue weighted by Gasteiger charge is -2.20. The predicted octanol–water partition coefficient (Wildman–Crippen LogP) is 1.05. The van der Waals surface area contributed by atoms with Crippen molar-refractivity contribution in [3.8, 4) is 23.5 Å². The number of methoxy groups -OCH3 is 1. The van der Waals surface area contributed by atoms with Crippen molar-refractivity contribution in [2.45, 2.75) is 12.8 Å². The van der Waals surface area contributed by atoms with Crippen LogP contribution in [0.4, 0.5) is 5.82 Å². The van der Waals surface area contributed by atoms with Crippen LogP contribution < -0.4 is 15.2 Å². The number of rotatable bonds is 11. The molecule has 2 aromatic heterocycles. The molecule has 32 heavy (non-hydrogen) atoms. The number of imidazole rings is 1. The highest BCUT2D eigenvalue weighted by Gasteiger charge is 2.30. The van der Waals surface area contributed by atoms with E-state index in [4.69, 9.17) is 24.7 Å². The monoisotopic (exact) mass is 469 g/mol. The Kier molecular flexibility index (Phi) is 7.48. The molecule has 3 aromatic rings. The number of aromatic hydroxyl groups is 1. The number of fused-ring (bicyclic) bond motifs is 1. The molecule has 0 amide bonds. The second-order valence-electron chi connectivity index (χ2n) is 6.43. The summed E-state index contributed by atoms with van der Waals surface area (Å²) in [5.74, 6) is -1.26. The fourth-order valence-corrected chi connectivity index (χ4v) is 3.42. The van der Waals surface area contributed by atoms with Crippen molar-refractivity contribution < 1.29 is 38.4 Å². The number of nitrogens with two attached hydrogens (primary N) is 1. The minimum Gasteiger partial charge on any atom is -0.488 e. The van der Waals surface area contributed by atoms with Crippen molar-refractivity contribution in [2.24, 2.45) is 0 Å². The quantitative estimate of drug-likeness (QED) is 0.231. The molecule has 0 radical (unpaired) electrons. The first-order valence-corrected chi connectivity index (χ1v) is 11.2. The third-order valence-electron chi connectivity index (χ3n) is 4.24. The Labute approximate surface area is 182 Å². The van der Waals surface area contributed by atoms with Gasteiger partial charge in [-0.25, -0.2) is 4.57 Å². The first-order chi connectivity index (χ1) is 15.3. The number of aromatic nitrogens is 4. The van der Waals surface area contributed by atoms with E-state index in [9.17, 15) is 19.5 Å². The van der Waals surface area contributed by atoms with Crippen molar-refractivity contribution in [1.82, 2.24) is 19.5 Å². The van der Waals surface area contributed by atoms with E-state index in [0.29, 0.717) is 12.3 Å². The molecule has 0 bridgehead atoms. The van der Waals surface area contributed by atoms with Gasteiger partial charge in [0.2, 0.25) is 0 Å².